The van der Waals surface area contributed by atoms with E-state index in [0.717, 1.165) is 0 Å². The molecule has 0 aromatic rings. The van der Waals surface area contributed by atoms with E-state index >= 15 is 0 Å². The van der Waals surface area contributed by atoms with Crippen molar-refractivity contribution < 1.29 is 0 Å². The van der Waals surface area contributed by atoms with E-state index in [9.17, 15) is 0 Å². The van der Waals surface area contributed by atoms with Crippen LogP contribution in [0.5, 0.6) is 0 Å². The first-order valence-electron chi connectivity index (χ1n) is 2.35. The van der Waals surface area contributed by atoms with Gasteiger partial charge in [-0.1, -0.05) is 0 Å². The largest absolute Gasteiger partial charge is 0.386 e. The molecule has 0 aromatic heterocycles. The van der Waals surface area contributed by atoms with E-state index in [1.165, 1.54) is 0 Å². The first-order valence-corrected chi connectivity index (χ1v) is 2.35. The maximum atomic E-state index is 5.19. The van der Waals surface area contributed by atoms with Crippen molar-refractivity contribution in [3.8, 4) is 0 Å². The molecule has 0 heterocycles. The van der Waals surface area contributed by atoms with Crippen molar-refractivity contribution in [2.45, 2.75) is 0 Å². The van der Waals surface area contributed by atoms with Crippen LogP contribution in [0.4, 0.5) is 0 Å². The van der Waals surface area contributed by atoms with Gasteiger partial charge in [0.05, 0.1) is 5.82 Å². The average Bonchev–Trinajstić information content (AvgIpc) is 1.69. The Labute approximate surface area is 48.5 Å². The van der Waals surface area contributed by atoms with Crippen molar-refractivity contribution in [3.63, 3.8) is 0 Å². The van der Waals surface area contributed by atoms with Crippen molar-refractivity contribution in [1.29, 1.82) is 0 Å². The van der Waals surface area contributed by atoms with Crippen LogP contribution >= 0.6 is 0 Å². The fraction of sp³-hybridized carbons (Fsp3) is 0.500. The smallest absolute Gasteiger partial charge is 0.0951 e. The minimum atomic E-state index is 0.245. The predicted molar refractivity (Wildman–Crippen MR) is 33.5 cm³/mol. The summed E-state index contributed by atoms with van der Waals surface area (Å²) >= 11 is 0. The van der Waals surface area contributed by atoms with E-state index in [4.69, 9.17) is 22.9 Å². The van der Waals surface area contributed by atoms with E-state index in [1.54, 1.807) is 0 Å². The van der Waals surface area contributed by atoms with Gasteiger partial charge in [-0.25, -0.2) is 0 Å². The summed E-state index contributed by atoms with van der Waals surface area (Å²) in [6.07, 6.45) is 0. The number of rotatable bonds is 2. The highest BCUT2D eigenvalue weighted by Crippen LogP contribution is 1.84. The lowest BCUT2D eigenvalue weighted by Gasteiger charge is -2.00. The molecule has 0 atom stereocenters. The predicted octanol–water partition coefficient (Wildman–Crippen LogP) is -1.97. The number of nitrogens with two attached hydrogens (primary N) is 4. The molecule has 8 N–H and O–H groups in total. The summed E-state index contributed by atoms with van der Waals surface area (Å²) in [4.78, 5) is 0. The van der Waals surface area contributed by atoms with E-state index in [2.05, 4.69) is 0 Å². The molecule has 0 rings (SSSR count). The van der Waals surface area contributed by atoms with Crippen LogP contribution in [0, 0.1) is 0 Å². The Kier molecular flexibility index (Phi) is 2.98. The second-order valence-electron chi connectivity index (χ2n) is 1.47. The molecule has 0 saturated heterocycles. The minimum Gasteiger partial charge on any atom is -0.386 e. The summed E-state index contributed by atoms with van der Waals surface area (Å²) in [6, 6.07) is 0. The first-order chi connectivity index (χ1) is 3.72. The van der Waals surface area contributed by atoms with Gasteiger partial charge in [0.2, 0.25) is 0 Å². The maximum Gasteiger partial charge on any atom is 0.0951 e. The quantitative estimate of drug-likeness (QED) is 0.336. The summed E-state index contributed by atoms with van der Waals surface area (Å²) in [6.45, 7) is 0.692. The van der Waals surface area contributed by atoms with Gasteiger partial charge < -0.3 is 22.9 Å². The van der Waals surface area contributed by atoms with Gasteiger partial charge in [-0.15, -0.1) is 0 Å². The van der Waals surface area contributed by atoms with E-state index in [-0.39, 0.29) is 5.82 Å². The van der Waals surface area contributed by atoms with Crippen molar-refractivity contribution in [2.24, 2.45) is 22.9 Å². The van der Waals surface area contributed by atoms with Gasteiger partial charge in [-0.2, -0.15) is 0 Å². The van der Waals surface area contributed by atoms with Crippen LogP contribution < -0.4 is 22.9 Å². The molecular formula is C4H12N4. The molecule has 0 amide bonds. The lowest BCUT2D eigenvalue weighted by molar-refractivity contribution is 0.982. The van der Waals surface area contributed by atoms with E-state index < -0.39 is 0 Å². The lowest BCUT2D eigenvalue weighted by Crippen LogP contribution is -2.22. The molecule has 4 heteroatoms. The Bertz CT molecular complexity index is 86.2. The maximum absolute atomic E-state index is 5.19. The topological polar surface area (TPSA) is 104 Å². The molecule has 4 nitrogen and oxygen atoms in total. The van der Waals surface area contributed by atoms with Gasteiger partial charge in [-0.05, 0) is 5.57 Å². The fourth-order valence-corrected chi connectivity index (χ4v) is 0.319. The van der Waals surface area contributed by atoms with Crippen LogP contribution in [0.25, 0.3) is 0 Å². The van der Waals surface area contributed by atoms with Crippen molar-refractivity contribution in [3.05, 3.63) is 11.4 Å². The summed E-state index contributed by atoms with van der Waals surface area (Å²) in [5.74, 6) is 0.245. The Morgan fingerprint density at radius 2 is 1.38 bits per heavy atom. The van der Waals surface area contributed by atoms with Crippen LogP contribution in [0.15, 0.2) is 11.4 Å². The highest BCUT2D eigenvalue weighted by Gasteiger charge is 1.91. The Balaban J connectivity index is 3.86. The molecule has 0 aliphatic carbocycles. The third kappa shape index (κ3) is 1.81. The monoisotopic (exact) mass is 116 g/mol. The third-order valence-corrected chi connectivity index (χ3v) is 0.901. The molecular weight excluding hydrogens is 104 g/mol. The standard InChI is InChI=1S/C4H12N4/c5-1-3(2-6)4(7)8/h1-2,5-8H2. The second kappa shape index (κ2) is 3.29. The highest BCUT2D eigenvalue weighted by molar-refractivity contribution is 5.10. The molecule has 0 aliphatic rings. The Hall–Kier alpha value is -0.740. The summed E-state index contributed by atoms with van der Waals surface area (Å²) in [5.41, 5.74) is 21.4. The molecule has 0 aliphatic heterocycles. The van der Waals surface area contributed by atoms with Gasteiger partial charge in [0.1, 0.15) is 0 Å². The van der Waals surface area contributed by atoms with E-state index in [1.807, 2.05) is 0 Å². The van der Waals surface area contributed by atoms with Crippen LogP contribution in [-0.4, -0.2) is 13.1 Å². The molecule has 8 heavy (non-hydrogen) atoms. The number of hydrogen-bond donors (Lipinski definition) is 4. The molecule has 0 fully saturated rings. The van der Waals surface area contributed by atoms with Crippen LogP contribution in [0.3, 0.4) is 0 Å². The zero-order chi connectivity index (χ0) is 6.57. The van der Waals surface area contributed by atoms with Crippen LogP contribution in [-0.2, 0) is 0 Å². The van der Waals surface area contributed by atoms with Crippen molar-refractivity contribution in [1.82, 2.24) is 0 Å². The molecule has 0 spiro atoms. The van der Waals surface area contributed by atoms with Crippen LogP contribution in [0.1, 0.15) is 0 Å². The molecule has 0 unspecified atom stereocenters. The second-order valence-corrected chi connectivity index (χ2v) is 1.47. The molecule has 0 bridgehead atoms. The molecule has 0 aromatic carbocycles. The molecule has 0 saturated carbocycles. The van der Waals surface area contributed by atoms with Gasteiger partial charge in [-0.3, -0.25) is 0 Å². The SMILES string of the molecule is NCC(CN)=C(N)N. The zero-order valence-electron chi connectivity index (χ0n) is 4.72. The summed E-state index contributed by atoms with van der Waals surface area (Å²) < 4.78 is 0. The Morgan fingerprint density at radius 3 is 1.38 bits per heavy atom. The van der Waals surface area contributed by atoms with E-state index in [0.29, 0.717) is 18.7 Å². The normalized spacial score (nSPS) is 8.75. The third-order valence-electron chi connectivity index (χ3n) is 0.901. The average molecular weight is 116 g/mol. The summed E-state index contributed by atoms with van der Waals surface area (Å²) in [7, 11) is 0. The van der Waals surface area contributed by atoms with Crippen molar-refractivity contribution >= 4 is 0 Å². The minimum absolute atomic E-state index is 0.245. The molecule has 48 valence electrons. The van der Waals surface area contributed by atoms with Gasteiger partial charge in [0.25, 0.3) is 0 Å². The Morgan fingerprint density at radius 1 is 1.00 bits per heavy atom. The zero-order valence-corrected chi connectivity index (χ0v) is 4.72. The van der Waals surface area contributed by atoms with Gasteiger partial charge in [0, 0.05) is 13.1 Å². The number of hydrogen-bond acceptors (Lipinski definition) is 4. The van der Waals surface area contributed by atoms with Gasteiger partial charge in [0.15, 0.2) is 0 Å². The highest BCUT2D eigenvalue weighted by atomic mass is 14.8. The summed E-state index contributed by atoms with van der Waals surface area (Å²) in [5, 5.41) is 0. The first kappa shape index (κ1) is 7.26. The fourth-order valence-electron chi connectivity index (χ4n) is 0.319. The van der Waals surface area contributed by atoms with Crippen molar-refractivity contribution in [2.75, 3.05) is 13.1 Å². The van der Waals surface area contributed by atoms with Crippen LogP contribution in [0.2, 0.25) is 0 Å². The lowest BCUT2D eigenvalue weighted by atomic mass is 10.3. The van der Waals surface area contributed by atoms with Gasteiger partial charge >= 0.3 is 0 Å². The molecule has 0 radical (unpaired) electrons.